The second-order valence-corrected chi connectivity index (χ2v) is 6.54. The Balaban J connectivity index is 2.01. The van der Waals surface area contributed by atoms with E-state index in [1.54, 1.807) is 0 Å². The monoisotopic (exact) mass is 296 g/mol. The van der Waals surface area contributed by atoms with E-state index < -0.39 is 0 Å². The van der Waals surface area contributed by atoms with Gasteiger partial charge in [-0.3, -0.25) is 4.90 Å². The number of nitrogens with one attached hydrogen (secondary N) is 1. The second kappa shape index (κ2) is 7.33. The maximum Gasteiger partial charge on any atom is 0.252 e. The zero-order chi connectivity index (χ0) is 15.3. The summed E-state index contributed by atoms with van der Waals surface area (Å²) in [5.74, 6) is 1.36. The number of nitrogens with zero attached hydrogens (tertiary/aromatic N) is 3. The van der Waals surface area contributed by atoms with Gasteiger partial charge in [0.05, 0.1) is 11.6 Å². The fraction of sp³-hybridized carbons (Fsp3) is 0.867. The van der Waals surface area contributed by atoms with Crippen LogP contribution in [0.25, 0.3) is 0 Å². The Labute approximate surface area is 127 Å². The van der Waals surface area contributed by atoms with Gasteiger partial charge in [0, 0.05) is 26.2 Å². The van der Waals surface area contributed by atoms with E-state index in [1.165, 1.54) is 0 Å². The molecule has 1 N–H and O–H groups in total. The molecule has 1 saturated heterocycles. The molecular weight excluding hydrogens is 268 g/mol. The molecule has 0 radical (unpaired) electrons. The highest BCUT2D eigenvalue weighted by atomic mass is 16.5. The lowest BCUT2D eigenvalue weighted by Crippen LogP contribution is -2.45. The molecule has 21 heavy (non-hydrogen) atoms. The smallest absolute Gasteiger partial charge is 0.252 e. The van der Waals surface area contributed by atoms with Crippen LogP contribution in [-0.4, -0.2) is 46.8 Å². The van der Waals surface area contributed by atoms with E-state index in [-0.39, 0.29) is 11.6 Å². The van der Waals surface area contributed by atoms with Crippen LogP contribution in [-0.2, 0) is 11.3 Å². The van der Waals surface area contributed by atoms with Crippen LogP contribution in [0.4, 0.5) is 0 Å². The van der Waals surface area contributed by atoms with Crippen molar-refractivity contribution in [2.45, 2.75) is 58.8 Å². The highest BCUT2D eigenvalue weighted by molar-refractivity contribution is 4.96. The number of hydrogen-bond acceptors (Lipinski definition) is 6. The van der Waals surface area contributed by atoms with E-state index in [4.69, 9.17) is 9.26 Å². The topological polar surface area (TPSA) is 63.4 Å². The molecule has 1 aliphatic heterocycles. The molecule has 0 spiro atoms. The van der Waals surface area contributed by atoms with Gasteiger partial charge in [0.2, 0.25) is 0 Å². The highest BCUT2D eigenvalue weighted by Gasteiger charge is 2.26. The van der Waals surface area contributed by atoms with Crippen molar-refractivity contribution in [3.8, 4) is 0 Å². The molecule has 1 atom stereocenters. The maximum atomic E-state index is 5.69. The summed E-state index contributed by atoms with van der Waals surface area (Å²) < 4.78 is 11.0. The van der Waals surface area contributed by atoms with Gasteiger partial charge < -0.3 is 14.6 Å². The van der Waals surface area contributed by atoms with Crippen molar-refractivity contribution >= 4 is 0 Å². The largest absolute Gasteiger partial charge is 0.366 e. The fourth-order valence-electron chi connectivity index (χ4n) is 2.48. The molecule has 1 unspecified atom stereocenters. The summed E-state index contributed by atoms with van der Waals surface area (Å²) in [5, 5.41) is 7.56. The van der Waals surface area contributed by atoms with Crippen molar-refractivity contribution in [1.29, 1.82) is 0 Å². The van der Waals surface area contributed by atoms with Crippen molar-refractivity contribution < 1.29 is 9.26 Å². The van der Waals surface area contributed by atoms with E-state index in [0.29, 0.717) is 12.5 Å². The molecule has 0 amide bonds. The number of hydrogen-bond donors (Lipinski definition) is 1. The predicted molar refractivity (Wildman–Crippen MR) is 80.9 cm³/mol. The second-order valence-electron chi connectivity index (χ2n) is 6.54. The predicted octanol–water partition coefficient (Wildman–Crippen LogP) is 2.13. The normalized spacial score (nSPS) is 18.9. The molecule has 2 heterocycles. The van der Waals surface area contributed by atoms with Crippen LogP contribution in [0, 0.1) is 0 Å². The van der Waals surface area contributed by atoms with Gasteiger partial charge in [-0.25, -0.2) is 0 Å². The van der Waals surface area contributed by atoms with Crippen LogP contribution >= 0.6 is 0 Å². The van der Waals surface area contributed by atoms with Gasteiger partial charge in [0.25, 0.3) is 5.89 Å². The Morgan fingerprint density at radius 1 is 1.33 bits per heavy atom. The lowest BCUT2D eigenvalue weighted by molar-refractivity contribution is -0.0260. The number of rotatable bonds is 6. The quantitative estimate of drug-likeness (QED) is 0.867. The third-order valence-electron chi connectivity index (χ3n) is 3.56. The molecule has 120 valence electrons. The minimum atomic E-state index is -0.198. The summed E-state index contributed by atoms with van der Waals surface area (Å²) in [6.45, 7) is 12.7. The van der Waals surface area contributed by atoms with Crippen LogP contribution in [0.2, 0.25) is 0 Å². The van der Waals surface area contributed by atoms with E-state index >= 15 is 0 Å². The van der Waals surface area contributed by atoms with Crippen LogP contribution in [0.3, 0.4) is 0 Å². The van der Waals surface area contributed by atoms with Gasteiger partial charge in [-0.2, -0.15) is 4.98 Å². The third kappa shape index (κ3) is 5.05. The zero-order valence-corrected chi connectivity index (χ0v) is 13.7. The molecule has 0 aliphatic carbocycles. The molecular formula is C15H28N4O2. The maximum absolute atomic E-state index is 5.69. The van der Waals surface area contributed by atoms with Crippen molar-refractivity contribution in [3.63, 3.8) is 0 Å². The molecule has 0 aromatic carbocycles. The standard InChI is InChI=1S/C15H28N4O2/c1-5-6-12(19-9-7-16-8-10-19)14-17-13(21-18-14)11-20-15(2,3)4/h12,16H,5-11H2,1-4H3. The van der Waals surface area contributed by atoms with E-state index in [1.807, 2.05) is 20.8 Å². The Bertz CT molecular complexity index is 422. The summed E-state index contributed by atoms with van der Waals surface area (Å²) in [4.78, 5) is 6.99. The van der Waals surface area contributed by atoms with E-state index in [0.717, 1.165) is 44.8 Å². The first-order chi connectivity index (χ1) is 9.99. The molecule has 2 rings (SSSR count). The molecule has 6 nitrogen and oxygen atoms in total. The molecule has 0 bridgehead atoms. The lowest BCUT2D eigenvalue weighted by atomic mass is 10.1. The first-order valence-corrected chi connectivity index (χ1v) is 7.91. The van der Waals surface area contributed by atoms with E-state index in [9.17, 15) is 0 Å². The summed E-state index contributed by atoms with van der Waals surface area (Å²) in [7, 11) is 0. The minimum absolute atomic E-state index is 0.198. The first-order valence-electron chi connectivity index (χ1n) is 7.91. The van der Waals surface area contributed by atoms with Crippen LogP contribution in [0.5, 0.6) is 0 Å². The van der Waals surface area contributed by atoms with Gasteiger partial charge >= 0.3 is 0 Å². The molecule has 6 heteroatoms. The van der Waals surface area contributed by atoms with Crippen molar-refractivity contribution in [2.24, 2.45) is 0 Å². The summed E-state index contributed by atoms with van der Waals surface area (Å²) in [6, 6.07) is 0.254. The first kappa shape index (κ1) is 16.4. The highest BCUT2D eigenvalue weighted by Crippen LogP contribution is 2.24. The summed E-state index contributed by atoms with van der Waals surface area (Å²) in [5.41, 5.74) is -0.198. The Hall–Kier alpha value is -0.980. The number of piperazine rings is 1. The lowest BCUT2D eigenvalue weighted by Gasteiger charge is -2.33. The molecule has 1 aromatic rings. The minimum Gasteiger partial charge on any atom is -0.366 e. The molecule has 0 saturated carbocycles. The number of ether oxygens (including phenoxy) is 1. The Morgan fingerprint density at radius 3 is 2.67 bits per heavy atom. The van der Waals surface area contributed by atoms with Crippen molar-refractivity contribution in [2.75, 3.05) is 26.2 Å². The van der Waals surface area contributed by atoms with Crippen molar-refractivity contribution in [3.05, 3.63) is 11.7 Å². The molecule has 1 aromatic heterocycles. The van der Waals surface area contributed by atoms with Crippen LogP contribution < -0.4 is 5.32 Å². The van der Waals surface area contributed by atoms with E-state index in [2.05, 4.69) is 27.3 Å². The molecule has 1 aliphatic rings. The van der Waals surface area contributed by atoms with Gasteiger partial charge in [0.1, 0.15) is 6.61 Å². The summed E-state index contributed by atoms with van der Waals surface area (Å²) >= 11 is 0. The van der Waals surface area contributed by atoms with Gasteiger partial charge in [-0.1, -0.05) is 18.5 Å². The van der Waals surface area contributed by atoms with Crippen LogP contribution in [0.15, 0.2) is 4.52 Å². The van der Waals surface area contributed by atoms with Gasteiger partial charge in [-0.05, 0) is 27.2 Å². The SMILES string of the molecule is CCCC(c1noc(COC(C)(C)C)n1)N1CCNCC1. The average molecular weight is 296 g/mol. The number of aromatic nitrogens is 2. The average Bonchev–Trinajstić information content (AvgIpc) is 2.91. The van der Waals surface area contributed by atoms with Gasteiger partial charge in [-0.15, -0.1) is 0 Å². The van der Waals surface area contributed by atoms with Gasteiger partial charge in [0.15, 0.2) is 5.82 Å². The Kier molecular flexibility index (Phi) is 5.72. The third-order valence-corrected chi connectivity index (χ3v) is 3.56. The zero-order valence-electron chi connectivity index (χ0n) is 13.7. The van der Waals surface area contributed by atoms with Crippen molar-refractivity contribution in [1.82, 2.24) is 20.4 Å². The Morgan fingerprint density at radius 2 is 2.05 bits per heavy atom. The fourth-order valence-corrected chi connectivity index (χ4v) is 2.48. The molecule has 1 fully saturated rings. The summed E-state index contributed by atoms with van der Waals surface area (Å²) in [6.07, 6.45) is 2.16. The van der Waals surface area contributed by atoms with Crippen LogP contribution in [0.1, 0.15) is 58.3 Å².